The molecule has 0 bridgehead atoms. The van der Waals surface area contributed by atoms with Crippen molar-refractivity contribution in [1.29, 1.82) is 0 Å². The third kappa shape index (κ3) is 4.46. The zero-order valence-corrected chi connectivity index (χ0v) is 17.7. The Hall–Kier alpha value is -2.80. The van der Waals surface area contributed by atoms with Gasteiger partial charge in [0.1, 0.15) is 11.7 Å². The first kappa shape index (κ1) is 20.1. The summed E-state index contributed by atoms with van der Waals surface area (Å²) in [5.41, 5.74) is 1.27. The number of aromatic nitrogens is 3. The number of rotatable bonds is 7. The van der Waals surface area contributed by atoms with Crippen LogP contribution >= 0.6 is 0 Å². The summed E-state index contributed by atoms with van der Waals surface area (Å²) in [7, 11) is 0. The third-order valence-electron chi connectivity index (χ3n) is 6.40. The Bertz CT molecular complexity index is 1040. The molecule has 0 radical (unpaired) electrons. The highest BCUT2D eigenvalue weighted by Gasteiger charge is 2.35. The summed E-state index contributed by atoms with van der Waals surface area (Å²) in [4.78, 5) is 24.1. The van der Waals surface area contributed by atoms with E-state index in [1.54, 1.807) is 6.07 Å². The van der Waals surface area contributed by atoms with E-state index in [9.17, 15) is 4.79 Å². The molecule has 1 aliphatic carbocycles. The fourth-order valence-electron chi connectivity index (χ4n) is 4.69. The smallest absolute Gasteiger partial charge is 0.273 e. The van der Waals surface area contributed by atoms with Crippen molar-refractivity contribution in [3.05, 3.63) is 53.8 Å². The highest BCUT2D eigenvalue weighted by molar-refractivity contribution is 5.95. The second-order valence-corrected chi connectivity index (χ2v) is 8.57. The summed E-state index contributed by atoms with van der Waals surface area (Å²) in [6.45, 7) is 2.10. The van der Waals surface area contributed by atoms with E-state index in [0.717, 1.165) is 30.4 Å². The van der Waals surface area contributed by atoms with Crippen LogP contribution in [0.2, 0.25) is 0 Å². The number of pyridine rings is 1. The normalized spacial score (nSPS) is 19.5. The van der Waals surface area contributed by atoms with Gasteiger partial charge in [0.15, 0.2) is 5.82 Å². The minimum Gasteiger partial charge on any atom is -0.381 e. The molecule has 1 saturated heterocycles. The van der Waals surface area contributed by atoms with Crippen LogP contribution in [0.15, 0.2) is 40.9 Å². The number of carbonyl (C=O) groups excluding carboxylic acids is 1. The number of benzene rings is 1. The maximum Gasteiger partial charge on any atom is 0.273 e. The molecule has 1 aliphatic heterocycles. The molecule has 1 saturated carbocycles. The largest absolute Gasteiger partial charge is 0.381 e. The van der Waals surface area contributed by atoms with Crippen LogP contribution in [-0.4, -0.2) is 45.7 Å². The Balaban J connectivity index is 1.22. The van der Waals surface area contributed by atoms with Crippen molar-refractivity contribution in [3.8, 4) is 0 Å². The molecular weight excluding hydrogens is 392 g/mol. The molecule has 3 heterocycles. The zero-order chi connectivity index (χ0) is 21.0. The second kappa shape index (κ2) is 9.14. The van der Waals surface area contributed by atoms with Crippen molar-refractivity contribution in [3.63, 3.8) is 0 Å². The first-order chi connectivity index (χ1) is 15.3. The number of fused-ring (bicyclic) bond motifs is 1. The molecule has 7 nitrogen and oxygen atoms in total. The SMILES string of the molecule is O=C(c1ccc2ccccc2n1)N1CCCC1c1nc(CCOCC2CCCC2)no1. The monoisotopic (exact) mass is 420 g/mol. The van der Waals surface area contributed by atoms with Gasteiger partial charge in [0.25, 0.3) is 5.91 Å². The van der Waals surface area contributed by atoms with Crippen molar-refractivity contribution in [2.24, 2.45) is 5.92 Å². The van der Waals surface area contributed by atoms with E-state index < -0.39 is 0 Å². The maximum atomic E-state index is 13.2. The second-order valence-electron chi connectivity index (χ2n) is 8.57. The van der Waals surface area contributed by atoms with Crippen molar-refractivity contribution < 1.29 is 14.1 Å². The summed E-state index contributed by atoms with van der Waals surface area (Å²) in [6.07, 6.45) is 7.57. The summed E-state index contributed by atoms with van der Waals surface area (Å²) >= 11 is 0. The molecule has 1 atom stereocenters. The molecular formula is C24H28N4O3. The highest BCUT2D eigenvalue weighted by Crippen LogP contribution is 2.32. The van der Waals surface area contributed by atoms with E-state index >= 15 is 0 Å². The predicted octanol–water partition coefficient (Wildman–Crippen LogP) is 4.34. The van der Waals surface area contributed by atoms with Gasteiger partial charge in [-0.3, -0.25) is 4.79 Å². The fraction of sp³-hybridized carbons (Fsp3) is 0.500. The molecule has 1 amide bonds. The molecule has 2 fully saturated rings. The van der Waals surface area contributed by atoms with Gasteiger partial charge in [0.2, 0.25) is 5.89 Å². The van der Waals surface area contributed by atoms with Crippen molar-refractivity contribution in [2.75, 3.05) is 19.8 Å². The zero-order valence-electron chi connectivity index (χ0n) is 17.7. The molecule has 0 spiro atoms. The summed E-state index contributed by atoms with van der Waals surface area (Å²) in [6, 6.07) is 11.4. The van der Waals surface area contributed by atoms with Gasteiger partial charge in [-0.1, -0.05) is 42.3 Å². The minimum atomic E-state index is -0.193. The van der Waals surface area contributed by atoms with Crippen LogP contribution in [0.25, 0.3) is 10.9 Å². The van der Waals surface area contributed by atoms with E-state index in [4.69, 9.17) is 9.26 Å². The van der Waals surface area contributed by atoms with Gasteiger partial charge in [-0.25, -0.2) is 4.98 Å². The third-order valence-corrected chi connectivity index (χ3v) is 6.40. The number of hydrogen-bond acceptors (Lipinski definition) is 6. The number of amides is 1. The summed E-state index contributed by atoms with van der Waals surface area (Å²) in [5.74, 6) is 1.78. The van der Waals surface area contributed by atoms with Gasteiger partial charge in [-0.2, -0.15) is 4.98 Å². The number of hydrogen-bond donors (Lipinski definition) is 0. The van der Waals surface area contributed by atoms with Gasteiger partial charge in [-0.05, 0) is 43.7 Å². The van der Waals surface area contributed by atoms with Crippen LogP contribution in [0.4, 0.5) is 0 Å². The van der Waals surface area contributed by atoms with Crippen molar-refractivity contribution in [1.82, 2.24) is 20.0 Å². The van der Waals surface area contributed by atoms with Crippen molar-refractivity contribution >= 4 is 16.8 Å². The van der Waals surface area contributed by atoms with Crippen LogP contribution in [0.5, 0.6) is 0 Å². The number of nitrogens with zero attached hydrogens (tertiary/aromatic N) is 4. The number of para-hydroxylation sites is 1. The lowest BCUT2D eigenvalue weighted by Gasteiger charge is -2.21. The lowest BCUT2D eigenvalue weighted by Crippen LogP contribution is -2.31. The number of carbonyl (C=O) groups is 1. The summed E-state index contributed by atoms with van der Waals surface area (Å²) in [5, 5.41) is 5.14. The predicted molar refractivity (Wildman–Crippen MR) is 116 cm³/mol. The fourth-order valence-corrected chi connectivity index (χ4v) is 4.69. The molecule has 1 aromatic carbocycles. The van der Waals surface area contributed by atoms with E-state index in [-0.39, 0.29) is 11.9 Å². The van der Waals surface area contributed by atoms with E-state index in [0.29, 0.717) is 42.9 Å². The van der Waals surface area contributed by atoms with E-state index in [2.05, 4.69) is 15.1 Å². The summed E-state index contributed by atoms with van der Waals surface area (Å²) < 4.78 is 11.3. The van der Waals surface area contributed by atoms with Crippen LogP contribution < -0.4 is 0 Å². The van der Waals surface area contributed by atoms with Gasteiger partial charge >= 0.3 is 0 Å². The Morgan fingerprint density at radius 3 is 2.84 bits per heavy atom. The molecule has 5 rings (SSSR count). The van der Waals surface area contributed by atoms with Crippen molar-refractivity contribution in [2.45, 2.75) is 51.0 Å². The van der Waals surface area contributed by atoms with Gasteiger partial charge in [0.05, 0.1) is 12.1 Å². The average Bonchev–Trinajstić information content (AvgIpc) is 3.57. The Labute approximate surface area is 181 Å². The first-order valence-corrected chi connectivity index (χ1v) is 11.3. The molecule has 7 heteroatoms. The minimum absolute atomic E-state index is 0.0899. The maximum absolute atomic E-state index is 13.2. The lowest BCUT2D eigenvalue weighted by atomic mass is 10.1. The lowest BCUT2D eigenvalue weighted by molar-refractivity contribution is 0.0704. The Morgan fingerprint density at radius 2 is 1.94 bits per heavy atom. The van der Waals surface area contributed by atoms with Gasteiger partial charge in [0, 0.05) is 25.0 Å². The van der Waals surface area contributed by atoms with Crippen LogP contribution in [0, 0.1) is 5.92 Å². The molecule has 2 aromatic heterocycles. The number of ether oxygens (including phenoxy) is 1. The molecule has 162 valence electrons. The average molecular weight is 421 g/mol. The van der Waals surface area contributed by atoms with Gasteiger partial charge in [-0.15, -0.1) is 0 Å². The first-order valence-electron chi connectivity index (χ1n) is 11.3. The quantitative estimate of drug-likeness (QED) is 0.529. The molecule has 31 heavy (non-hydrogen) atoms. The highest BCUT2D eigenvalue weighted by atomic mass is 16.5. The standard InChI is InChI=1S/C24H28N4O3/c29-24(20-12-11-18-8-3-4-9-19(18)25-20)28-14-5-10-21(28)23-26-22(27-31-23)13-15-30-16-17-6-1-2-7-17/h3-4,8-9,11-12,17,21H,1-2,5-7,10,13-16H2. The van der Waals surface area contributed by atoms with Crippen LogP contribution in [-0.2, 0) is 11.2 Å². The number of likely N-dealkylation sites (tertiary alicyclic amines) is 1. The van der Waals surface area contributed by atoms with Gasteiger partial charge < -0.3 is 14.2 Å². The Kier molecular flexibility index (Phi) is 5.93. The van der Waals surface area contributed by atoms with E-state index in [1.165, 1.54) is 25.7 Å². The molecule has 1 unspecified atom stereocenters. The molecule has 3 aromatic rings. The molecule has 2 aliphatic rings. The van der Waals surface area contributed by atoms with E-state index in [1.807, 2.05) is 35.2 Å². The topological polar surface area (TPSA) is 81.4 Å². The molecule has 0 N–H and O–H groups in total. The Morgan fingerprint density at radius 1 is 1.06 bits per heavy atom. The van der Waals surface area contributed by atoms with Crippen LogP contribution in [0.3, 0.4) is 0 Å². The van der Waals surface area contributed by atoms with Crippen LogP contribution in [0.1, 0.15) is 66.8 Å².